The van der Waals surface area contributed by atoms with E-state index in [1.807, 2.05) is 37.3 Å². The first-order valence-electron chi connectivity index (χ1n) is 7.10. The van der Waals surface area contributed by atoms with Gasteiger partial charge < -0.3 is 10.6 Å². The quantitative estimate of drug-likeness (QED) is 0.804. The van der Waals surface area contributed by atoms with Crippen LogP contribution >= 0.6 is 23.2 Å². The third-order valence-corrected chi connectivity index (χ3v) is 4.40. The molecule has 0 aliphatic heterocycles. The zero-order valence-corrected chi connectivity index (χ0v) is 13.6. The summed E-state index contributed by atoms with van der Waals surface area (Å²) in [6.45, 7) is 1.93. The van der Waals surface area contributed by atoms with E-state index in [1.165, 1.54) is 0 Å². The van der Waals surface area contributed by atoms with Crippen LogP contribution in [0.15, 0.2) is 42.5 Å². The topological polar surface area (TPSA) is 41.1 Å². The number of aryl methyl sites for hydroxylation is 1. The van der Waals surface area contributed by atoms with E-state index in [0.717, 1.165) is 24.0 Å². The molecule has 2 aromatic rings. The second-order valence-electron chi connectivity index (χ2n) is 5.63. The van der Waals surface area contributed by atoms with E-state index in [0.29, 0.717) is 15.7 Å². The third-order valence-electron chi connectivity index (χ3n) is 3.93. The molecule has 0 radical (unpaired) electrons. The molecule has 2 N–H and O–H groups in total. The average Bonchev–Trinajstić information content (AvgIpc) is 3.24. The molecule has 114 valence electrons. The molecule has 22 heavy (non-hydrogen) atoms. The molecule has 1 aliphatic rings. The normalized spacial score (nSPS) is 15.2. The van der Waals surface area contributed by atoms with Crippen LogP contribution in [0.3, 0.4) is 0 Å². The highest BCUT2D eigenvalue weighted by Gasteiger charge is 2.45. The van der Waals surface area contributed by atoms with Gasteiger partial charge in [0.25, 0.3) is 0 Å². The van der Waals surface area contributed by atoms with Gasteiger partial charge in [-0.25, -0.2) is 4.79 Å². The molecule has 0 unspecified atom stereocenters. The number of nitrogens with one attached hydrogen (secondary N) is 2. The average molecular weight is 335 g/mol. The number of carbonyl (C=O) groups is 1. The first-order chi connectivity index (χ1) is 10.5. The van der Waals surface area contributed by atoms with E-state index in [2.05, 4.69) is 10.6 Å². The summed E-state index contributed by atoms with van der Waals surface area (Å²) in [6.07, 6.45) is 1.82. The standard InChI is InChI=1S/C17H16Cl2N2O/c1-11-5-6-14(19)10-15(11)20-16(22)21-17(7-8-17)12-3-2-4-13(18)9-12/h2-6,9-10H,7-8H2,1H3,(H2,20,21,22). The largest absolute Gasteiger partial charge is 0.328 e. The molecule has 3 rings (SSSR count). The lowest BCUT2D eigenvalue weighted by molar-refractivity contribution is 0.247. The molecule has 0 heterocycles. The number of hydrogen-bond acceptors (Lipinski definition) is 1. The van der Waals surface area contributed by atoms with Crippen molar-refractivity contribution in [3.8, 4) is 0 Å². The molecule has 1 saturated carbocycles. The molecule has 0 spiro atoms. The Balaban J connectivity index is 1.73. The van der Waals surface area contributed by atoms with Crippen LogP contribution in [0.4, 0.5) is 10.5 Å². The van der Waals surface area contributed by atoms with Gasteiger partial charge in [0.15, 0.2) is 0 Å². The Hall–Kier alpha value is -1.71. The monoisotopic (exact) mass is 334 g/mol. The number of carbonyl (C=O) groups excluding carboxylic acids is 1. The van der Waals surface area contributed by atoms with Crippen molar-refractivity contribution in [1.82, 2.24) is 5.32 Å². The van der Waals surface area contributed by atoms with Crippen LogP contribution in [0.25, 0.3) is 0 Å². The maximum atomic E-state index is 12.3. The fourth-order valence-electron chi connectivity index (χ4n) is 2.50. The molecular weight excluding hydrogens is 319 g/mol. The van der Waals surface area contributed by atoms with Crippen molar-refractivity contribution < 1.29 is 4.79 Å². The number of rotatable bonds is 3. The summed E-state index contributed by atoms with van der Waals surface area (Å²) in [5.74, 6) is 0. The fraction of sp³-hybridized carbons (Fsp3) is 0.235. The molecule has 5 heteroatoms. The van der Waals surface area contributed by atoms with Crippen LogP contribution in [-0.2, 0) is 5.54 Å². The van der Waals surface area contributed by atoms with Crippen LogP contribution < -0.4 is 10.6 Å². The van der Waals surface area contributed by atoms with Gasteiger partial charge in [-0.2, -0.15) is 0 Å². The van der Waals surface area contributed by atoms with Crippen molar-refractivity contribution >= 4 is 34.9 Å². The van der Waals surface area contributed by atoms with Crippen molar-refractivity contribution in [3.63, 3.8) is 0 Å². The molecule has 2 aromatic carbocycles. The molecule has 1 aliphatic carbocycles. The number of halogens is 2. The Kier molecular flexibility index (Phi) is 4.02. The molecule has 1 fully saturated rings. The van der Waals surface area contributed by atoms with E-state index in [1.54, 1.807) is 12.1 Å². The van der Waals surface area contributed by atoms with E-state index < -0.39 is 0 Å². The highest BCUT2D eigenvalue weighted by Crippen LogP contribution is 2.46. The summed E-state index contributed by atoms with van der Waals surface area (Å²) in [4.78, 5) is 12.3. The van der Waals surface area contributed by atoms with Gasteiger partial charge in [0.2, 0.25) is 0 Å². The van der Waals surface area contributed by atoms with Gasteiger partial charge in [0.05, 0.1) is 5.54 Å². The number of anilines is 1. The Labute approximate surface area is 139 Å². The van der Waals surface area contributed by atoms with Crippen molar-refractivity contribution in [1.29, 1.82) is 0 Å². The summed E-state index contributed by atoms with van der Waals surface area (Å²) in [7, 11) is 0. The van der Waals surface area contributed by atoms with Crippen LogP contribution in [0.1, 0.15) is 24.0 Å². The lowest BCUT2D eigenvalue weighted by Gasteiger charge is -2.19. The van der Waals surface area contributed by atoms with Crippen molar-refractivity contribution in [3.05, 3.63) is 63.6 Å². The lowest BCUT2D eigenvalue weighted by atomic mass is 10.1. The van der Waals surface area contributed by atoms with Gasteiger partial charge in [0, 0.05) is 15.7 Å². The van der Waals surface area contributed by atoms with Crippen molar-refractivity contribution in [2.45, 2.75) is 25.3 Å². The highest BCUT2D eigenvalue weighted by molar-refractivity contribution is 6.31. The summed E-state index contributed by atoms with van der Waals surface area (Å²) in [5.41, 5.74) is 2.42. The molecule has 0 bridgehead atoms. The lowest BCUT2D eigenvalue weighted by Crippen LogP contribution is -2.38. The van der Waals surface area contributed by atoms with Crippen LogP contribution in [0, 0.1) is 6.92 Å². The maximum absolute atomic E-state index is 12.3. The first kappa shape index (κ1) is 15.2. The minimum absolute atomic E-state index is 0.233. The number of amides is 2. The van der Waals surface area contributed by atoms with Crippen molar-refractivity contribution in [2.75, 3.05) is 5.32 Å². The maximum Gasteiger partial charge on any atom is 0.319 e. The predicted molar refractivity (Wildman–Crippen MR) is 90.7 cm³/mol. The van der Waals surface area contributed by atoms with E-state index in [4.69, 9.17) is 23.2 Å². The Morgan fingerprint density at radius 2 is 1.82 bits per heavy atom. The SMILES string of the molecule is Cc1ccc(Cl)cc1NC(=O)NC1(c2cccc(Cl)c2)CC1. The summed E-state index contributed by atoms with van der Waals surface area (Å²) < 4.78 is 0. The van der Waals surface area contributed by atoms with E-state index >= 15 is 0 Å². The third kappa shape index (κ3) is 3.21. The van der Waals surface area contributed by atoms with Gasteiger partial charge in [-0.3, -0.25) is 0 Å². The predicted octanol–water partition coefficient (Wildman–Crippen LogP) is 5.11. The Morgan fingerprint density at radius 1 is 1.09 bits per heavy atom. The Bertz CT molecular complexity index is 726. The van der Waals surface area contributed by atoms with E-state index in [9.17, 15) is 4.79 Å². The molecule has 2 amide bonds. The second-order valence-corrected chi connectivity index (χ2v) is 6.50. The zero-order chi connectivity index (χ0) is 15.7. The van der Waals surface area contributed by atoms with Gasteiger partial charge in [-0.05, 0) is 55.2 Å². The summed E-state index contributed by atoms with van der Waals surface area (Å²) in [6, 6.07) is 12.8. The van der Waals surface area contributed by atoms with Gasteiger partial charge >= 0.3 is 6.03 Å². The minimum Gasteiger partial charge on any atom is -0.328 e. The van der Waals surface area contributed by atoms with Crippen LogP contribution in [-0.4, -0.2) is 6.03 Å². The number of hydrogen-bond donors (Lipinski definition) is 2. The summed E-state index contributed by atoms with van der Waals surface area (Å²) >= 11 is 12.0. The first-order valence-corrected chi connectivity index (χ1v) is 7.85. The van der Waals surface area contributed by atoms with Crippen LogP contribution in [0.5, 0.6) is 0 Å². The summed E-state index contributed by atoms with van der Waals surface area (Å²) in [5, 5.41) is 7.19. The smallest absolute Gasteiger partial charge is 0.319 e. The zero-order valence-electron chi connectivity index (χ0n) is 12.1. The molecule has 0 aromatic heterocycles. The fourth-order valence-corrected chi connectivity index (χ4v) is 2.86. The molecular formula is C17H16Cl2N2O. The second kappa shape index (κ2) is 5.82. The van der Waals surface area contributed by atoms with E-state index in [-0.39, 0.29) is 11.6 Å². The molecule has 0 atom stereocenters. The van der Waals surface area contributed by atoms with Gasteiger partial charge in [0.1, 0.15) is 0 Å². The van der Waals surface area contributed by atoms with Crippen molar-refractivity contribution in [2.24, 2.45) is 0 Å². The molecule has 0 saturated heterocycles. The molecule has 3 nitrogen and oxygen atoms in total. The number of urea groups is 1. The van der Waals surface area contributed by atoms with Crippen LogP contribution in [0.2, 0.25) is 10.0 Å². The van der Waals surface area contributed by atoms with Gasteiger partial charge in [-0.1, -0.05) is 41.4 Å². The number of benzene rings is 2. The van der Waals surface area contributed by atoms with Gasteiger partial charge in [-0.15, -0.1) is 0 Å². The Morgan fingerprint density at radius 3 is 2.50 bits per heavy atom. The minimum atomic E-state index is -0.304. The highest BCUT2D eigenvalue weighted by atomic mass is 35.5.